The molecule has 148 valence electrons. The van der Waals surface area contributed by atoms with E-state index in [1.165, 1.54) is 17.7 Å². The second-order valence-electron chi connectivity index (χ2n) is 7.43. The van der Waals surface area contributed by atoms with Gasteiger partial charge in [-0.2, -0.15) is 0 Å². The maximum atomic E-state index is 13.1. The first-order valence-electron chi connectivity index (χ1n) is 9.98. The second-order valence-corrected chi connectivity index (χ2v) is 7.43. The van der Waals surface area contributed by atoms with Crippen molar-refractivity contribution in [3.8, 4) is 0 Å². The van der Waals surface area contributed by atoms with Crippen molar-refractivity contribution in [1.29, 1.82) is 0 Å². The average Bonchev–Trinajstić information content (AvgIpc) is 2.74. The fourth-order valence-electron chi connectivity index (χ4n) is 4.11. The van der Waals surface area contributed by atoms with E-state index in [4.69, 9.17) is 9.97 Å². The number of likely N-dealkylation sites (tertiary alicyclic amines) is 1. The second kappa shape index (κ2) is 8.22. The van der Waals surface area contributed by atoms with Gasteiger partial charge < -0.3 is 15.5 Å². The molecule has 0 bridgehead atoms. The molecular formula is C21H26FN5O. The molecule has 1 atom stereocenters. The van der Waals surface area contributed by atoms with Crippen LogP contribution >= 0.6 is 0 Å². The van der Waals surface area contributed by atoms with Gasteiger partial charge in [0.2, 0.25) is 5.91 Å². The van der Waals surface area contributed by atoms with Crippen LogP contribution in [0.15, 0.2) is 24.3 Å². The Morgan fingerprint density at radius 3 is 2.89 bits per heavy atom. The van der Waals surface area contributed by atoms with Crippen LogP contribution in [0.5, 0.6) is 0 Å². The van der Waals surface area contributed by atoms with E-state index < -0.39 is 0 Å². The zero-order valence-corrected chi connectivity index (χ0v) is 16.2. The average molecular weight is 383 g/mol. The molecule has 1 fully saturated rings. The van der Waals surface area contributed by atoms with Crippen molar-refractivity contribution >= 4 is 11.7 Å². The highest BCUT2D eigenvalue weighted by atomic mass is 19.1. The summed E-state index contributed by atoms with van der Waals surface area (Å²) in [7, 11) is 1.88. The number of piperidine rings is 1. The number of hydrogen-bond acceptors (Lipinski definition) is 5. The fraction of sp³-hybridized carbons (Fsp3) is 0.476. The van der Waals surface area contributed by atoms with Crippen molar-refractivity contribution in [2.75, 3.05) is 25.5 Å². The standard InChI is InChI=1S/C21H26FN5O/c1-23-20-16-9-10-24-13-17(16)25-21(26-20)18-4-2-3-11-27(18)19(28)12-14-5-7-15(22)8-6-14/h5-8,18,24H,2-4,9-13H2,1H3,(H,23,25,26). The van der Waals surface area contributed by atoms with Gasteiger partial charge in [-0.25, -0.2) is 14.4 Å². The predicted octanol–water partition coefficient (Wildman–Crippen LogP) is 2.60. The summed E-state index contributed by atoms with van der Waals surface area (Å²) in [6.45, 7) is 2.37. The van der Waals surface area contributed by atoms with Gasteiger partial charge >= 0.3 is 0 Å². The molecular weight excluding hydrogens is 357 g/mol. The molecule has 1 amide bonds. The molecule has 2 N–H and O–H groups in total. The van der Waals surface area contributed by atoms with E-state index in [1.807, 2.05) is 11.9 Å². The van der Waals surface area contributed by atoms with Crippen molar-refractivity contribution in [2.24, 2.45) is 0 Å². The lowest BCUT2D eigenvalue weighted by Crippen LogP contribution is -2.40. The Labute approximate surface area is 164 Å². The number of nitrogens with one attached hydrogen (secondary N) is 2. The minimum atomic E-state index is -0.289. The molecule has 1 aromatic carbocycles. The number of halogens is 1. The Bertz CT molecular complexity index is 837. The molecule has 4 rings (SSSR count). The molecule has 0 aliphatic carbocycles. The largest absolute Gasteiger partial charge is 0.373 e. The normalized spacial score (nSPS) is 19.2. The molecule has 1 aromatic heterocycles. The van der Waals surface area contributed by atoms with E-state index in [0.717, 1.165) is 61.7 Å². The van der Waals surface area contributed by atoms with Crippen LogP contribution in [0.1, 0.15) is 47.9 Å². The maximum absolute atomic E-state index is 13.1. The van der Waals surface area contributed by atoms with E-state index in [9.17, 15) is 9.18 Å². The monoisotopic (exact) mass is 383 g/mol. The molecule has 2 aliphatic rings. The minimum Gasteiger partial charge on any atom is -0.373 e. The number of rotatable bonds is 4. The van der Waals surface area contributed by atoms with E-state index >= 15 is 0 Å². The van der Waals surface area contributed by atoms with Crippen LogP contribution in [0.3, 0.4) is 0 Å². The first kappa shape index (κ1) is 18.8. The molecule has 2 aliphatic heterocycles. The molecule has 0 spiro atoms. The lowest BCUT2D eigenvalue weighted by Gasteiger charge is -2.35. The van der Waals surface area contributed by atoms with Crippen molar-refractivity contribution in [1.82, 2.24) is 20.2 Å². The van der Waals surface area contributed by atoms with Gasteiger partial charge in [-0.3, -0.25) is 4.79 Å². The van der Waals surface area contributed by atoms with Crippen LogP contribution < -0.4 is 10.6 Å². The van der Waals surface area contributed by atoms with Crippen LogP contribution in [0.25, 0.3) is 0 Å². The lowest BCUT2D eigenvalue weighted by molar-refractivity contribution is -0.134. The highest BCUT2D eigenvalue weighted by Crippen LogP contribution is 2.32. The van der Waals surface area contributed by atoms with Crippen molar-refractivity contribution < 1.29 is 9.18 Å². The number of fused-ring (bicyclic) bond motifs is 1. The van der Waals surface area contributed by atoms with Gasteiger partial charge in [0, 0.05) is 25.7 Å². The molecule has 28 heavy (non-hydrogen) atoms. The van der Waals surface area contributed by atoms with E-state index in [2.05, 4.69) is 10.6 Å². The van der Waals surface area contributed by atoms with Crippen molar-refractivity contribution in [3.05, 3.63) is 52.7 Å². The summed E-state index contributed by atoms with van der Waals surface area (Å²) in [6, 6.07) is 6.03. The van der Waals surface area contributed by atoms with Crippen molar-refractivity contribution in [3.63, 3.8) is 0 Å². The summed E-state index contributed by atoms with van der Waals surface area (Å²) in [5, 5.41) is 6.57. The van der Waals surface area contributed by atoms with Gasteiger partial charge in [0.05, 0.1) is 18.2 Å². The third-order valence-electron chi connectivity index (χ3n) is 5.58. The Hall–Kier alpha value is -2.54. The van der Waals surface area contributed by atoms with Crippen LogP contribution in [-0.2, 0) is 24.2 Å². The van der Waals surface area contributed by atoms with Crippen LogP contribution in [0, 0.1) is 5.82 Å². The Kier molecular flexibility index (Phi) is 5.52. The molecule has 1 saturated heterocycles. The Balaban J connectivity index is 1.60. The highest BCUT2D eigenvalue weighted by molar-refractivity contribution is 5.79. The number of carbonyl (C=O) groups excluding carboxylic acids is 1. The predicted molar refractivity (Wildman–Crippen MR) is 105 cm³/mol. The first-order chi connectivity index (χ1) is 13.7. The smallest absolute Gasteiger partial charge is 0.227 e. The topological polar surface area (TPSA) is 70.2 Å². The molecule has 3 heterocycles. The third kappa shape index (κ3) is 3.85. The van der Waals surface area contributed by atoms with Gasteiger partial charge in [0.1, 0.15) is 11.6 Å². The quantitative estimate of drug-likeness (QED) is 0.849. The van der Waals surface area contributed by atoms with Gasteiger partial charge in [-0.1, -0.05) is 12.1 Å². The molecule has 0 saturated carbocycles. The molecule has 7 heteroatoms. The first-order valence-corrected chi connectivity index (χ1v) is 9.98. The maximum Gasteiger partial charge on any atom is 0.227 e. The SMILES string of the molecule is CNc1nc(C2CCCCN2C(=O)Cc2ccc(F)cc2)nc2c1CCNC2. The number of anilines is 1. The number of benzene rings is 1. The third-order valence-corrected chi connectivity index (χ3v) is 5.58. The fourth-order valence-corrected chi connectivity index (χ4v) is 4.11. The number of hydrogen-bond donors (Lipinski definition) is 2. The summed E-state index contributed by atoms with van der Waals surface area (Å²) in [5.41, 5.74) is 3.02. The number of carbonyl (C=O) groups is 1. The van der Waals surface area contributed by atoms with Crippen LogP contribution in [0.4, 0.5) is 10.2 Å². The summed E-state index contributed by atoms with van der Waals surface area (Å²) in [5.74, 6) is 1.35. The van der Waals surface area contributed by atoms with Crippen LogP contribution in [0.2, 0.25) is 0 Å². The lowest BCUT2D eigenvalue weighted by atomic mass is 9.99. The van der Waals surface area contributed by atoms with Gasteiger partial charge in [-0.15, -0.1) is 0 Å². The summed E-state index contributed by atoms with van der Waals surface area (Å²) in [4.78, 5) is 24.6. The van der Waals surface area contributed by atoms with Gasteiger partial charge in [0.25, 0.3) is 0 Å². The molecule has 1 unspecified atom stereocenters. The highest BCUT2D eigenvalue weighted by Gasteiger charge is 2.31. The van der Waals surface area contributed by atoms with E-state index in [1.54, 1.807) is 12.1 Å². The van der Waals surface area contributed by atoms with Gasteiger partial charge in [0.15, 0.2) is 5.82 Å². The number of nitrogens with zero attached hydrogens (tertiary/aromatic N) is 3. The Morgan fingerprint density at radius 2 is 2.11 bits per heavy atom. The zero-order valence-electron chi connectivity index (χ0n) is 16.2. The molecule has 2 aromatic rings. The number of amides is 1. The minimum absolute atomic E-state index is 0.0433. The Morgan fingerprint density at radius 1 is 1.29 bits per heavy atom. The van der Waals surface area contributed by atoms with E-state index in [-0.39, 0.29) is 24.2 Å². The van der Waals surface area contributed by atoms with E-state index in [0.29, 0.717) is 6.54 Å². The molecule has 6 nitrogen and oxygen atoms in total. The summed E-state index contributed by atoms with van der Waals surface area (Å²) >= 11 is 0. The summed E-state index contributed by atoms with van der Waals surface area (Å²) in [6.07, 6.45) is 4.08. The summed E-state index contributed by atoms with van der Waals surface area (Å²) < 4.78 is 13.1. The van der Waals surface area contributed by atoms with Crippen molar-refractivity contribution in [2.45, 2.75) is 44.7 Å². The van der Waals surface area contributed by atoms with Crippen LogP contribution in [-0.4, -0.2) is 40.9 Å². The van der Waals surface area contributed by atoms with Gasteiger partial charge in [-0.05, 0) is 49.9 Å². The number of aromatic nitrogens is 2. The molecule has 0 radical (unpaired) electrons. The zero-order chi connectivity index (χ0) is 19.5.